The number of aryl methyl sites for hydroxylation is 1. The second-order valence-corrected chi connectivity index (χ2v) is 13.3. The molecule has 2 nitrogen and oxygen atoms in total. The summed E-state index contributed by atoms with van der Waals surface area (Å²) in [6.45, 7) is 4.70. The third-order valence-corrected chi connectivity index (χ3v) is 10.2. The summed E-state index contributed by atoms with van der Waals surface area (Å²) in [7, 11) is 0. The van der Waals surface area contributed by atoms with Gasteiger partial charge in [0.25, 0.3) is 0 Å². The molecule has 0 atom stereocenters. The largest absolute Gasteiger partial charge is 0.456 e. The maximum atomic E-state index is 6.60. The Morgan fingerprint density at radius 2 is 1.15 bits per heavy atom. The molecule has 0 aliphatic heterocycles. The molecule has 0 N–H and O–H groups in total. The molecule has 1 aromatic heterocycles. The number of furan rings is 1. The SMILES string of the molecule is CC1(C)c2cc(N(c3ccc(-c4ccccc4)cc3)c3ccc(-c4ccccc4)cc3)ccc2-c2c1ccc1c3c(oc21)C=CCC3. The van der Waals surface area contributed by atoms with Crippen LogP contribution in [0.15, 0.2) is 150 Å². The Balaban J connectivity index is 1.18. The van der Waals surface area contributed by atoms with E-state index in [9.17, 15) is 0 Å². The van der Waals surface area contributed by atoms with E-state index >= 15 is 0 Å². The van der Waals surface area contributed by atoms with E-state index in [2.05, 4.69) is 170 Å². The van der Waals surface area contributed by atoms with Gasteiger partial charge in [0.1, 0.15) is 11.3 Å². The molecule has 0 radical (unpaired) electrons. The van der Waals surface area contributed by atoms with Gasteiger partial charge in [0, 0.05) is 39.0 Å². The lowest BCUT2D eigenvalue weighted by atomic mass is 9.82. The molecule has 2 aliphatic rings. The molecular weight excluding hydrogens is 571 g/mol. The van der Waals surface area contributed by atoms with Gasteiger partial charge in [-0.05, 0) is 94.3 Å². The van der Waals surface area contributed by atoms with Gasteiger partial charge in [0.2, 0.25) is 0 Å². The van der Waals surface area contributed by atoms with Crippen molar-refractivity contribution in [1.82, 2.24) is 0 Å². The Hall–Kier alpha value is -5.60. The highest BCUT2D eigenvalue weighted by molar-refractivity contribution is 6.02. The average Bonchev–Trinajstić information content (AvgIpc) is 3.62. The topological polar surface area (TPSA) is 16.4 Å². The lowest BCUT2D eigenvalue weighted by molar-refractivity contribution is 0.595. The number of anilines is 3. The van der Waals surface area contributed by atoms with Crippen molar-refractivity contribution in [2.24, 2.45) is 0 Å². The molecular formula is C45H35NO. The van der Waals surface area contributed by atoms with Crippen molar-refractivity contribution in [3.05, 3.63) is 168 Å². The van der Waals surface area contributed by atoms with E-state index in [1.54, 1.807) is 0 Å². The van der Waals surface area contributed by atoms with Crippen LogP contribution in [0.4, 0.5) is 17.1 Å². The van der Waals surface area contributed by atoms with Crippen molar-refractivity contribution in [1.29, 1.82) is 0 Å². The molecule has 6 aromatic carbocycles. The van der Waals surface area contributed by atoms with Crippen LogP contribution < -0.4 is 4.90 Å². The van der Waals surface area contributed by atoms with Gasteiger partial charge in [-0.2, -0.15) is 0 Å². The summed E-state index contributed by atoms with van der Waals surface area (Å²) < 4.78 is 6.60. The highest BCUT2D eigenvalue weighted by Gasteiger charge is 2.38. The zero-order chi connectivity index (χ0) is 31.5. The van der Waals surface area contributed by atoms with Crippen LogP contribution in [-0.2, 0) is 11.8 Å². The van der Waals surface area contributed by atoms with Gasteiger partial charge in [-0.15, -0.1) is 0 Å². The second kappa shape index (κ2) is 10.7. The first-order chi connectivity index (χ1) is 23.1. The summed E-state index contributed by atoms with van der Waals surface area (Å²) >= 11 is 0. The third-order valence-electron chi connectivity index (χ3n) is 10.2. The van der Waals surface area contributed by atoms with Crippen molar-refractivity contribution >= 4 is 34.1 Å². The third kappa shape index (κ3) is 4.47. The smallest absolute Gasteiger partial charge is 0.143 e. The molecule has 2 heteroatoms. The van der Waals surface area contributed by atoms with Crippen LogP contribution >= 0.6 is 0 Å². The predicted octanol–water partition coefficient (Wildman–Crippen LogP) is 12.5. The van der Waals surface area contributed by atoms with Gasteiger partial charge in [0.05, 0.1) is 0 Å². The van der Waals surface area contributed by atoms with Crippen LogP contribution in [0.5, 0.6) is 0 Å². The molecule has 47 heavy (non-hydrogen) atoms. The normalized spacial score (nSPS) is 14.1. The molecule has 0 fully saturated rings. The van der Waals surface area contributed by atoms with Gasteiger partial charge in [0.15, 0.2) is 0 Å². The predicted molar refractivity (Wildman–Crippen MR) is 197 cm³/mol. The molecule has 0 saturated heterocycles. The number of benzene rings is 6. The Kier molecular flexibility index (Phi) is 6.33. The van der Waals surface area contributed by atoms with Crippen molar-refractivity contribution in [3.8, 4) is 33.4 Å². The molecule has 0 saturated carbocycles. The lowest BCUT2D eigenvalue weighted by Crippen LogP contribution is -2.16. The number of rotatable bonds is 5. The Morgan fingerprint density at radius 3 is 1.77 bits per heavy atom. The Labute approximate surface area is 276 Å². The minimum absolute atomic E-state index is 0.169. The quantitative estimate of drug-likeness (QED) is 0.194. The summed E-state index contributed by atoms with van der Waals surface area (Å²) in [5.74, 6) is 1.02. The number of fused-ring (bicyclic) bond motifs is 7. The highest BCUT2D eigenvalue weighted by atomic mass is 16.3. The van der Waals surface area contributed by atoms with E-state index in [4.69, 9.17) is 4.42 Å². The number of allylic oxidation sites excluding steroid dienone is 1. The van der Waals surface area contributed by atoms with Crippen LogP contribution in [0.3, 0.4) is 0 Å². The summed E-state index contributed by atoms with van der Waals surface area (Å²) in [5, 5.41) is 1.26. The number of nitrogens with zero attached hydrogens (tertiary/aromatic N) is 1. The van der Waals surface area contributed by atoms with Crippen molar-refractivity contribution in [3.63, 3.8) is 0 Å². The van der Waals surface area contributed by atoms with E-state index in [0.717, 1.165) is 41.2 Å². The maximum Gasteiger partial charge on any atom is 0.143 e. The van der Waals surface area contributed by atoms with E-state index in [1.807, 2.05) is 0 Å². The fourth-order valence-electron chi connectivity index (χ4n) is 7.70. The zero-order valence-electron chi connectivity index (χ0n) is 26.7. The molecule has 0 spiro atoms. The van der Waals surface area contributed by atoms with Crippen molar-refractivity contribution < 1.29 is 4.42 Å². The van der Waals surface area contributed by atoms with E-state index in [-0.39, 0.29) is 5.41 Å². The lowest BCUT2D eigenvalue weighted by Gasteiger charge is -2.28. The summed E-state index contributed by atoms with van der Waals surface area (Å²) in [5.41, 5.74) is 15.6. The first-order valence-corrected chi connectivity index (χ1v) is 16.6. The minimum atomic E-state index is -0.169. The maximum absolute atomic E-state index is 6.60. The molecule has 1 heterocycles. The number of hydrogen-bond acceptors (Lipinski definition) is 2. The summed E-state index contributed by atoms with van der Waals surface area (Å²) in [4.78, 5) is 2.38. The van der Waals surface area contributed by atoms with E-state index < -0.39 is 0 Å². The number of hydrogen-bond donors (Lipinski definition) is 0. The molecule has 0 amide bonds. The van der Waals surface area contributed by atoms with Crippen LogP contribution in [0.1, 0.15) is 42.7 Å². The fraction of sp³-hybridized carbons (Fsp3) is 0.111. The fourth-order valence-corrected chi connectivity index (χ4v) is 7.70. The van der Waals surface area contributed by atoms with Crippen molar-refractivity contribution in [2.75, 3.05) is 4.90 Å². The second-order valence-electron chi connectivity index (χ2n) is 13.3. The van der Waals surface area contributed by atoms with Crippen LogP contribution in [0.25, 0.3) is 50.4 Å². The molecule has 2 aliphatic carbocycles. The molecule has 0 unspecified atom stereocenters. The summed E-state index contributed by atoms with van der Waals surface area (Å²) in [6.07, 6.45) is 6.48. The first-order valence-electron chi connectivity index (χ1n) is 16.6. The van der Waals surface area contributed by atoms with Crippen LogP contribution in [-0.4, -0.2) is 0 Å². The minimum Gasteiger partial charge on any atom is -0.456 e. The highest BCUT2D eigenvalue weighted by Crippen LogP contribution is 2.54. The van der Waals surface area contributed by atoms with E-state index in [1.165, 1.54) is 55.5 Å². The van der Waals surface area contributed by atoms with Gasteiger partial charge >= 0.3 is 0 Å². The van der Waals surface area contributed by atoms with Gasteiger partial charge in [-0.25, -0.2) is 0 Å². The van der Waals surface area contributed by atoms with Gasteiger partial charge in [-0.3, -0.25) is 0 Å². The molecule has 226 valence electrons. The Bertz CT molecular complexity index is 2210. The first kappa shape index (κ1) is 27.7. The Morgan fingerprint density at radius 1 is 0.574 bits per heavy atom. The zero-order valence-corrected chi connectivity index (χ0v) is 26.7. The van der Waals surface area contributed by atoms with Crippen LogP contribution in [0.2, 0.25) is 0 Å². The van der Waals surface area contributed by atoms with Crippen molar-refractivity contribution in [2.45, 2.75) is 32.1 Å². The molecule has 9 rings (SSSR count). The summed E-state index contributed by atoms with van der Waals surface area (Å²) in [6, 6.07) is 50.7. The van der Waals surface area contributed by atoms with Gasteiger partial charge < -0.3 is 9.32 Å². The molecule has 0 bridgehead atoms. The van der Waals surface area contributed by atoms with Crippen LogP contribution in [0, 0.1) is 0 Å². The van der Waals surface area contributed by atoms with E-state index in [0.29, 0.717) is 0 Å². The molecule has 7 aromatic rings. The monoisotopic (exact) mass is 605 g/mol. The standard InChI is InChI=1S/C45H35NO/c1-45(2)40-28-27-38-37-15-9-10-16-42(37)47-44(38)43(40)39-26-25-36(29-41(39)45)46(34-21-17-32(18-22-34)30-11-5-3-6-12-30)35-23-19-33(20-24-35)31-13-7-4-8-14-31/h3-8,10-14,16-29H,9,15H2,1-2H3. The average molecular weight is 606 g/mol. The van der Waals surface area contributed by atoms with Gasteiger partial charge in [-0.1, -0.05) is 123 Å².